The topological polar surface area (TPSA) is 58.6 Å². The van der Waals surface area contributed by atoms with E-state index in [0.717, 1.165) is 23.4 Å². The van der Waals surface area contributed by atoms with Gasteiger partial charge in [0.25, 0.3) is 5.91 Å². The number of anilines is 2. The van der Waals surface area contributed by atoms with Crippen molar-refractivity contribution in [2.75, 3.05) is 22.6 Å². The molecular formula is C26H26N2O3S. The van der Waals surface area contributed by atoms with Gasteiger partial charge < -0.3 is 10.1 Å². The second-order valence-electron chi connectivity index (χ2n) is 7.48. The minimum absolute atomic E-state index is 0.0645. The van der Waals surface area contributed by atoms with Gasteiger partial charge in [-0.25, -0.2) is 0 Å². The third kappa shape index (κ3) is 4.81. The SMILES string of the molecule is CCOc1ccc(N2C(=O)CS[C@@H]2c2cccc(NC(=O)c3ccc(CC)cc3)c2)cc1. The molecule has 1 aliphatic rings. The summed E-state index contributed by atoms with van der Waals surface area (Å²) in [5, 5.41) is 2.83. The van der Waals surface area contributed by atoms with E-state index >= 15 is 0 Å². The monoisotopic (exact) mass is 446 g/mol. The molecule has 1 atom stereocenters. The van der Waals surface area contributed by atoms with Crippen LogP contribution in [0.25, 0.3) is 0 Å². The molecular weight excluding hydrogens is 420 g/mol. The van der Waals surface area contributed by atoms with Crippen LogP contribution in [0.15, 0.2) is 72.8 Å². The van der Waals surface area contributed by atoms with Gasteiger partial charge in [-0.2, -0.15) is 0 Å². The highest BCUT2D eigenvalue weighted by Crippen LogP contribution is 2.42. The Labute approximate surface area is 192 Å². The molecule has 0 spiro atoms. The Morgan fingerprint density at radius 2 is 1.81 bits per heavy atom. The third-order valence-corrected chi connectivity index (χ3v) is 6.56. The standard InChI is InChI=1S/C26H26N2O3S/c1-3-18-8-10-19(11-9-18)25(30)27-21-7-5-6-20(16-21)26-28(24(29)17-32-26)22-12-14-23(15-13-22)31-4-2/h5-16,26H,3-4,17H2,1-2H3,(H,27,30)/t26-/m1/s1. The van der Waals surface area contributed by atoms with Crippen molar-refractivity contribution in [2.45, 2.75) is 25.6 Å². The number of carbonyl (C=O) groups excluding carboxylic acids is 2. The molecule has 0 saturated carbocycles. The maximum atomic E-state index is 12.7. The van der Waals surface area contributed by atoms with Crippen molar-refractivity contribution >= 4 is 35.0 Å². The molecule has 1 saturated heterocycles. The summed E-state index contributed by atoms with van der Waals surface area (Å²) in [5.74, 6) is 1.11. The number of amides is 2. The van der Waals surface area contributed by atoms with E-state index in [1.54, 1.807) is 11.8 Å². The van der Waals surface area contributed by atoms with Crippen LogP contribution in [0, 0.1) is 0 Å². The van der Waals surface area contributed by atoms with Crippen LogP contribution in [-0.4, -0.2) is 24.2 Å². The highest BCUT2D eigenvalue weighted by Gasteiger charge is 2.34. The molecule has 0 aliphatic carbocycles. The van der Waals surface area contributed by atoms with Gasteiger partial charge >= 0.3 is 0 Å². The van der Waals surface area contributed by atoms with E-state index in [-0.39, 0.29) is 17.2 Å². The predicted molar refractivity (Wildman–Crippen MR) is 131 cm³/mol. The quantitative estimate of drug-likeness (QED) is 0.507. The van der Waals surface area contributed by atoms with Crippen LogP contribution in [0.1, 0.15) is 40.7 Å². The van der Waals surface area contributed by atoms with Crippen molar-refractivity contribution in [3.05, 3.63) is 89.5 Å². The Morgan fingerprint density at radius 3 is 2.50 bits per heavy atom. The Morgan fingerprint density at radius 1 is 1.06 bits per heavy atom. The first kappa shape index (κ1) is 22.0. The lowest BCUT2D eigenvalue weighted by atomic mass is 10.1. The maximum Gasteiger partial charge on any atom is 0.255 e. The smallest absolute Gasteiger partial charge is 0.255 e. The van der Waals surface area contributed by atoms with Gasteiger partial charge in [-0.15, -0.1) is 11.8 Å². The maximum absolute atomic E-state index is 12.7. The summed E-state index contributed by atoms with van der Waals surface area (Å²) in [6.45, 7) is 4.63. The second kappa shape index (κ2) is 9.92. The van der Waals surface area contributed by atoms with Crippen molar-refractivity contribution in [1.29, 1.82) is 0 Å². The van der Waals surface area contributed by atoms with Crippen molar-refractivity contribution in [3.63, 3.8) is 0 Å². The average molecular weight is 447 g/mol. The molecule has 0 aromatic heterocycles. The number of benzene rings is 3. The van der Waals surface area contributed by atoms with E-state index in [0.29, 0.717) is 23.6 Å². The number of ether oxygens (including phenoxy) is 1. The minimum atomic E-state index is -0.152. The van der Waals surface area contributed by atoms with Gasteiger partial charge in [0.05, 0.1) is 12.4 Å². The molecule has 32 heavy (non-hydrogen) atoms. The largest absolute Gasteiger partial charge is 0.494 e. The first-order valence-electron chi connectivity index (χ1n) is 10.8. The fourth-order valence-corrected chi connectivity index (χ4v) is 4.85. The number of carbonyl (C=O) groups is 2. The minimum Gasteiger partial charge on any atom is -0.494 e. The van der Waals surface area contributed by atoms with Crippen molar-refractivity contribution in [1.82, 2.24) is 0 Å². The Balaban J connectivity index is 1.53. The summed E-state index contributed by atoms with van der Waals surface area (Å²) in [7, 11) is 0. The van der Waals surface area contributed by atoms with Crippen LogP contribution in [0.5, 0.6) is 5.75 Å². The fourth-order valence-electron chi connectivity index (χ4n) is 3.68. The molecule has 1 aliphatic heterocycles. The molecule has 6 heteroatoms. The zero-order valence-corrected chi connectivity index (χ0v) is 19.0. The zero-order valence-electron chi connectivity index (χ0n) is 18.2. The Bertz CT molecular complexity index is 1100. The number of hydrogen-bond acceptors (Lipinski definition) is 4. The lowest BCUT2D eigenvalue weighted by Crippen LogP contribution is -2.27. The van der Waals surface area contributed by atoms with Gasteiger partial charge in [-0.3, -0.25) is 14.5 Å². The molecule has 1 N–H and O–H groups in total. The molecule has 3 aromatic carbocycles. The molecule has 0 unspecified atom stereocenters. The van der Waals surface area contributed by atoms with Crippen LogP contribution in [0.3, 0.4) is 0 Å². The van der Waals surface area contributed by atoms with E-state index < -0.39 is 0 Å². The van der Waals surface area contributed by atoms with Gasteiger partial charge in [0.1, 0.15) is 11.1 Å². The van der Waals surface area contributed by atoms with Crippen molar-refractivity contribution in [3.8, 4) is 5.75 Å². The molecule has 3 aromatic rings. The van der Waals surface area contributed by atoms with Gasteiger partial charge in [-0.05, 0) is 73.0 Å². The van der Waals surface area contributed by atoms with E-state index in [2.05, 4.69) is 12.2 Å². The molecule has 2 amide bonds. The molecule has 4 rings (SSSR count). The van der Waals surface area contributed by atoms with Crippen LogP contribution in [0.4, 0.5) is 11.4 Å². The van der Waals surface area contributed by atoms with E-state index in [9.17, 15) is 9.59 Å². The first-order valence-corrected chi connectivity index (χ1v) is 11.8. The van der Waals surface area contributed by atoms with Gasteiger partial charge in [-0.1, -0.05) is 31.2 Å². The van der Waals surface area contributed by atoms with Crippen LogP contribution in [-0.2, 0) is 11.2 Å². The highest BCUT2D eigenvalue weighted by molar-refractivity contribution is 8.00. The summed E-state index contributed by atoms with van der Waals surface area (Å²) in [5.41, 5.74) is 4.32. The summed E-state index contributed by atoms with van der Waals surface area (Å²) in [4.78, 5) is 27.2. The molecule has 5 nitrogen and oxygen atoms in total. The number of nitrogens with one attached hydrogen (secondary N) is 1. The lowest BCUT2D eigenvalue weighted by molar-refractivity contribution is -0.115. The third-order valence-electron chi connectivity index (χ3n) is 5.35. The Kier molecular flexibility index (Phi) is 6.81. The second-order valence-corrected chi connectivity index (χ2v) is 8.55. The highest BCUT2D eigenvalue weighted by atomic mass is 32.2. The molecule has 1 heterocycles. The predicted octanol–water partition coefficient (Wildman–Crippen LogP) is 5.68. The molecule has 164 valence electrons. The molecule has 1 fully saturated rings. The normalized spacial score (nSPS) is 15.6. The lowest BCUT2D eigenvalue weighted by Gasteiger charge is -2.25. The van der Waals surface area contributed by atoms with Gasteiger partial charge in [0.2, 0.25) is 5.91 Å². The summed E-state index contributed by atoms with van der Waals surface area (Å²) < 4.78 is 5.51. The van der Waals surface area contributed by atoms with Gasteiger partial charge in [0.15, 0.2) is 0 Å². The van der Waals surface area contributed by atoms with Gasteiger partial charge in [0, 0.05) is 16.9 Å². The molecule has 0 bridgehead atoms. The summed E-state index contributed by atoms with van der Waals surface area (Å²) >= 11 is 1.58. The van der Waals surface area contributed by atoms with E-state index in [1.807, 2.05) is 84.6 Å². The average Bonchev–Trinajstić information content (AvgIpc) is 3.21. The number of hydrogen-bond donors (Lipinski definition) is 1. The summed E-state index contributed by atoms with van der Waals surface area (Å²) in [6, 6.07) is 22.9. The van der Waals surface area contributed by atoms with Crippen LogP contribution >= 0.6 is 11.8 Å². The number of nitrogens with zero attached hydrogens (tertiary/aromatic N) is 1. The van der Waals surface area contributed by atoms with Crippen LogP contribution in [0.2, 0.25) is 0 Å². The van der Waals surface area contributed by atoms with Crippen LogP contribution < -0.4 is 15.0 Å². The van der Waals surface area contributed by atoms with E-state index in [4.69, 9.17) is 4.74 Å². The van der Waals surface area contributed by atoms with E-state index in [1.165, 1.54) is 5.56 Å². The van der Waals surface area contributed by atoms with Crippen molar-refractivity contribution < 1.29 is 14.3 Å². The number of rotatable bonds is 7. The fraction of sp³-hybridized carbons (Fsp3) is 0.231. The zero-order chi connectivity index (χ0) is 22.5. The number of thioether (sulfide) groups is 1. The first-order chi connectivity index (χ1) is 15.6. The molecule has 0 radical (unpaired) electrons. The summed E-state index contributed by atoms with van der Waals surface area (Å²) in [6.07, 6.45) is 0.937. The number of aryl methyl sites for hydroxylation is 1. The van der Waals surface area contributed by atoms with Crippen molar-refractivity contribution in [2.24, 2.45) is 0 Å². The Hall–Kier alpha value is -3.25.